The molecule has 1 rings (SSSR count). The van der Waals surface area contributed by atoms with Gasteiger partial charge < -0.3 is 16.0 Å². The van der Waals surface area contributed by atoms with Crippen molar-refractivity contribution in [1.82, 2.24) is 16.0 Å². The van der Waals surface area contributed by atoms with Crippen molar-refractivity contribution in [1.29, 1.82) is 0 Å². The number of hydrogen-bond donors (Lipinski definition) is 3. The van der Waals surface area contributed by atoms with Gasteiger partial charge in [0.25, 0.3) is 0 Å². The summed E-state index contributed by atoms with van der Waals surface area (Å²) in [5.41, 5.74) is 0. The highest BCUT2D eigenvalue weighted by Gasteiger charge is 1.72. The second kappa shape index (κ2) is 23.9. The maximum atomic E-state index is 2.75. The van der Waals surface area contributed by atoms with Crippen molar-refractivity contribution in [2.75, 3.05) is 42.3 Å². The van der Waals surface area contributed by atoms with Crippen molar-refractivity contribution in [2.45, 2.75) is 0 Å². The molecule has 0 spiro atoms. The van der Waals surface area contributed by atoms with Gasteiger partial charge in [0.1, 0.15) is 0 Å². The van der Waals surface area contributed by atoms with Gasteiger partial charge in [-0.3, -0.25) is 0 Å². The van der Waals surface area contributed by atoms with Crippen LogP contribution < -0.4 is 21.1 Å². The zero-order valence-corrected chi connectivity index (χ0v) is 13.9. The summed E-state index contributed by atoms with van der Waals surface area (Å²) in [5.74, 6) is 0. The molecule has 3 nitrogen and oxygen atoms in total. The third kappa shape index (κ3) is 37.7. The van der Waals surface area contributed by atoms with Crippen LogP contribution in [0.3, 0.4) is 0 Å². The van der Waals surface area contributed by atoms with E-state index in [0.717, 1.165) is 0 Å². The van der Waals surface area contributed by atoms with E-state index in [1.54, 1.807) is 0 Å². The molecule has 3 N–H and O–H groups in total. The van der Waals surface area contributed by atoms with Crippen LogP contribution in [0, 0.1) is 0 Å². The van der Waals surface area contributed by atoms with Crippen LogP contribution in [-0.2, 0) is 0 Å². The molecule has 96 valence electrons. The van der Waals surface area contributed by atoms with Crippen LogP contribution >= 0.6 is 0 Å². The van der Waals surface area contributed by atoms with E-state index in [0.29, 0.717) is 0 Å². The van der Waals surface area contributed by atoms with E-state index in [1.165, 1.54) is 15.4 Å². The van der Waals surface area contributed by atoms with Crippen molar-refractivity contribution >= 4 is 15.4 Å². The van der Waals surface area contributed by atoms with Gasteiger partial charge >= 0.3 is 0 Å². The standard InChI is InChI=1S/C6H8Si.3C2H7N/c7-6-4-2-1-3-5-6;3*1-3-2/h1-5H,7H3;3*3H,1-2H3. The van der Waals surface area contributed by atoms with Crippen molar-refractivity contribution in [3.63, 3.8) is 0 Å². The molecule has 0 aliphatic rings. The van der Waals surface area contributed by atoms with Gasteiger partial charge in [-0.2, -0.15) is 0 Å². The lowest BCUT2D eigenvalue weighted by Gasteiger charge is -1.82. The van der Waals surface area contributed by atoms with E-state index in [1.807, 2.05) is 48.4 Å². The van der Waals surface area contributed by atoms with Crippen LogP contribution in [0.2, 0.25) is 0 Å². The summed E-state index contributed by atoms with van der Waals surface area (Å²) in [6.07, 6.45) is 0. The quantitative estimate of drug-likeness (QED) is 0.522. The fourth-order valence-corrected chi connectivity index (χ4v) is 0.919. The molecule has 1 aromatic rings. The van der Waals surface area contributed by atoms with E-state index in [-0.39, 0.29) is 0 Å². The fourth-order valence-electron chi connectivity index (χ4n) is 0.534. The molecule has 0 aliphatic heterocycles. The van der Waals surface area contributed by atoms with E-state index in [2.05, 4.69) is 40.2 Å². The molecule has 0 saturated heterocycles. The third-order valence-corrected chi connectivity index (χ3v) is 1.61. The Morgan fingerprint density at radius 1 is 0.688 bits per heavy atom. The first-order valence-electron chi connectivity index (χ1n) is 5.41. The summed E-state index contributed by atoms with van der Waals surface area (Å²) in [6.45, 7) is 0. The van der Waals surface area contributed by atoms with Crippen LogP contribution in [0.1, 0.15) is 0 Å². The molecule has 0 aromatic heterocycles. The highest BCUT2D eigenvalue weighted by atomic mass is 28.1. The summed E-state index contributed by atoms with van der Waals surface area (Å²) in [7, 11) is 12.4. The van der Waals surface area contributed by atoms with E-state index in [9.17, 15) is 0 Å². The molecule has 1 aromatic carbocycles. The van der Waals surface area contributed by atoms with Gasteiger partial charge in [-0.15, -0.1) is 0 Å². The number of rotatable bonds is 0. The predicted octanol–water partition coefficient (Wildman–Crippen LogP) is -0.816. The predicted molar refractivity (Wildman–Crippen MR) is 81.0 cm³/mol. The SMILES string of the molecule is CNC.CNC.CNC.[SiH3]c1ccccc1. The Morgan fingerprint density at radius 2 is 0.938 bits per heavy atom. The molecule has 0 atom stereocenters. The van der Waals surface area contributed by atoms with Gasteiger partial charge in [-0.25, -0.2) is 0 Å². The first-order valence-corrected chi connectivity index (χ1v) is 6.41. The first-order chi connectivity index (χ1) is 7.64. The molecule has 0 heterocycles. The summed E-state index contributed by atoms with van der Waals surface area (Å²) in [6, 6.07) is 10.5. The second-order valence-electron chi connectivity index (χ2n) is 3.15. The summed E-state index contributed by atoms with van der Waals surface area (Å²) in [5, 5.41) is 9.71. The molecular weight excluding hydrogens is 214 g/mol. The third-order valence-electron chi connectivity index (χ3n) is 0.940. The van der Waals surface area contributed by atoms with Crippen LogP contribution in [0.25, 0.3) is 0 Å². The first kappa shape index (κ1) is 20.7. The average molecular weight is 243 g/mol. The topological polar surface area (TPSA) is 36.1 Å². The van der Waals surface area contributed by atoms with Gasteiger partial charge in [-0.1, -0.05) is 35.5 Å². The largest absolute Gasteiger partial charge is 0.323 e. The zero-order valence-electron chi connectivity index (χ0n) is 11.9. The molecule has 0 radical (unpaired) electrons. The Kier molecular flexibility index (Phi) is 30.9. The van der Waals surface area contributed by atoms with Crippen LogP contribution in [0.4, 0.5) is 0 Å². The van der Waals surface area contributed by atoms with Crippen molar-refractivity contribution in [3.05, 3.63) is 30.3 Å². The Balaban J connectivity index is -0.000000161. The van der Waals surface area contributed by atoms with E-state index in [4.69, 9.17) is 0 Å². The number of hydrogen-bond acceptors (Lipinski definition) is 3. The van der Waals surface area contributed by atoms with Gasteiger partial charge in [-0.05, 0) is 42.3 Å². The Bertz CT molecular complexity index is 176. The Hall–Kier alpha value is -0.683. The van der Waals surface area contributed by atoms with Gasteiger partial charge in [0.05, 0.1) is 0 Å². The summed E-state index contributed by atoms with van der Waals surface area (Å²) >= 11 is 0. The van der Waals surface area contributed by atoms with Crippen molar-refractivity contribution in [3.8, 4) is 0 Å². The maximum absolute atomic E-state index is 2.75. The minimum absolute atomic E-state index is 1.17. The number of benzene rings is 1. The van der Waals surface area contributed by atoms with Crippen LogP contribution in [-0.4, -0.2) is 52.5 Å². The number of nitrogens with one attached hydrogen (secondary N) is 3. The average Bonchev–Trinajstić information content (AvgIpc) is 2.22. The van der Waals surface area contributed by atoms with Gasteiger partial charge in [0, 0.05) is 10.2 Å². The highest BCUT2D eigenvalue weighted by molar-refractivity contribution is 6.32. The minimum Gasteiger partial charge on any atom is -0.323 e. The summed E-state index contributed by atoms with van der Waals surface area (Å²) in [4.78, 5) is 0. The fraction of sp³-hybridized carbons (Fsp3) is 0.500. The van der Waals surface area contributed by atoms with E-state index >= 15 is 0 Å². The lowest BCUT2D eigenvalue weighted by atomic mass is 10.4. The minimum atomic E-state index is 1.17. The van der Waals surface area contributed by atoms with Crippen LogP contribution in [0.15, 0.2) is 30.3 Å². The molecule has 0 unspecified atom stereocenters. The zero-order chi connectivity index (χ0) is 13.2. The molecule has 0 amide bonds. The second-order valence-corrected chi connectivity index (χ2v) is 4.31. The van der Waals surface area contributed by atoms with Gasteiger partial charge in [0.2, 0.25) is 0 Å². The molecular formula is C12H29N3Si. The van der Waals surface area contributed by atoms with Crippen molar-refractivity contribution in [2.24, 2.45) is 0 Å². The Labute approximate surface area is 104 Å². The van der Waals surface area contributed by atoms with Crippen LogP contribution in [0.5, 0.6) is 0 Å². The lowest BCUT2D eigenvalue weighted by molar-refractivity contribution is 1.02. The molecule has 4 heteroatoms. The molecule has 0 fully saturated rings. The lowest BCUT2D eigenvalue weighted by Crippen LogP contribution is -1.97. The maximum Gasteiger partial charge on any atom is 0.0384 e. The monoisotopic (exact) mass is 243 g/mol. The highest BCUT2D eigenvalue weighted by Crippen LogP contribution is 1.76. The molecule has 0 saturated carbocycles. The summed E-state index contributed by atoms with van der Waals surface area (Å²) < 4.78 is 0. The Morgan fingerprint density at radius 3 is 1.06 bits per heavy atom. The molecule has 0 aliphatic carbocycles. The van der Waals surface area contributed by atoms with Gasteiger partial charge in [0.15, 0.2) is 0 Å². The van der Waals surface area contributed by atoms with Crippen molar-refractivity contribution < 1.29 is 0 Å². The normalized spacial score (nSPS) is 7.38. The molecule has 16 heavy (non-hydrogen) atoms. The smallest absolute Gasteiger partial charge is 0.0384 e. The van der Waals surface area contributed by atoms with E-state index < -0.39 is 0 Å². The molecule has 0 bridgehead atoms.